The van der Waals surface area contributed by atoms with Crippen LogP contribution in [-0.4, -0.2) is 44.9 Å². The van der Waals surface area contributed by atoms with E-state index >= 15 is 0 Å². The van der Waals surface area contributed by atoms with E-state index in [1.54, 1.807) is 11.3 Å². The second kappa shape index (κ2) is 27.3. The van der Waals surface area contributed by atoms with Crippen molar-refractivity contribution in [3.05, 3.63) is 358 Å². The minimum absolute atomic E-state index is 0.511. The second-order valence-corrected chi connectivity index (χ2v) is 30.8. The molecule has 24 aromatic rings. The number of hydrogen-bond acceptors (Lipinski definition) is 14. The van der Waals surface area contributed by atoms with Gasteiger partial charge in [-0.15, -0.1) is 11.3 Å². The van der Waals surface area contributed by atoms with E-state index in [1.165, 1.54) is 20.2 Å². The van der Waals surface area contributed by atoms with Crippen LogP contribution in [0.15, 0.2) is 376 Å². The number of hydrogen-bond donors (Lipinski definition) is 0. The van der Waals surface area contributed by atoms with Crippen LogP contribution < -0.4 is 0 Å². The molecule has 0 unspecified atom stereocenters. The fourth-order valence-corrected chi connectivity index (χ4v) is 18.2. The van der Waals surface area contributed by atoms with Gasteiger partial charge in [-0.05, 0) is 88.5 Å². The summed E-state index contributed by atoms with van der Waals surface area (Å²) in [6, 6.07) is 122. The monoisotopic (exact) mass is 1540 g/mol. The van der Waals surface area contributed by atoms with E-state index in [0.29, 0.717) is 68.7 Å². The molecule has 119 heavy (non-hydrogen) atoms. The third kappa shape index (κ3) is 11.4. The molecule has 15 aromatic carbocycles. The van der Waals surface area contributed by atoms with Crippen LogP contribution in [0.4, 0.5) is 0 Å². The van der Waals surface area contributed by atoms with Gasteiger partial charge in [0, 0.05) is 108 Å². The normalized spacial score (nSPS) is 11.9. The highest BCUT2D eigenvalue weighted by atomic mass is 32.1. The first-order chi connectivity index (χ1) is 58.9. The Balaban J connectivity index is 0.545. The lowest BCUT2D eigenvalue weighted by Gasteiger charge is -2.11. The molecule has 0 aliphatic carbocycles. The predicted octanol–water partition coefficient (Wildman–Crippen LogP) is 27.9. The molecule has 0 atom stereocenters. The number of thiophene rings is 1. The smallest absolute Gasteiger partial charge is 0.180 e. The van der Waals surface area contributed by atoms with Crippen molar-refractivity contribution in [2.45, 2.75) is 0 Å². The topological polar surface area (TPSA) is 169 Å². The first kappa shape index (κ1) is 67.5. The summed E-state index contributed by atoms with van der Waals surface area (Å²) in [5.74, 6) is 3.33. The molecule has 0 spiro atoms. The molecule has 9 heterocycles. The molecule has 0 N–H and O–H groups in total. The molecule has 554 valence electrons. The van der Waals surface area contributed by atoms with Crippen LogP contribution in [0.3, 0.4) is 0 Å². The highest BCUT2D eigenvalue weighted by Crippen LogP contribution is 2.48. The first-order valence-electron chi connectivity index (χ1n) is 39.4. The molecule has 0 saturated carbocycles. The standard InChI is InChI=1S/C105H59N9O4S/c1-5-23-62(24-6-1)82-59-83(63-25-7-2-8-26-63)107-103(106-82)79-40-21-45-86-89(79)77-38-18-35-71(95(77)117-86)61-49-53-67(54-50-61)100-108-92(98-93(110-100)75-33-13-15-43-84(75)116-98)65-51-47-60(48-52-65)68-55-56-73-74-37-19-36-72(99(74)119-88(73)58-68)69-31-17-32-70(57-69)102-112-101(66-29-11-4-12-30-66)113-104(114-102)80-41-22-46-87-90(80)78-39-20-42-81(96(78)118-87)105-109-91(64-27-9-3-10-28-64)97-94(111-105)76-34-14-16-44-85(76)115-97/h1-59H. The average Bonchev–Trinajstić information content (AvgIpc) is 1.60. The Morgan fingerprint density at radius 1 is 0.193 bits per heavy atom. The molecular weight excluding hydrogens is 1480 g/mol. The Morgan fingerprint density at radius 2 is 0.580 bits per heavy atom. The summed E-state index contributed by atoms with van der Waals surface area (Å²) in [7, 11) is 0. The molecule has 0 aliphatic heterocycles. The number of fused-ring (bicyclic) bond motifs is 15. The summed E-state index contributed by atoms with van der Waals surface area (Å²) in [5.41, 5.74) is 25.3. The Morgan fingerprint density at radius 3 is 1.21 bits per heavy atom. The van der Waals surface area contributed by atoms with E-state index < -0.39 is 0 Å². The summed E-state index contributed by atoms with van der Waals surface area (Å²) in [6.07, 6.45) is 0. The van der Waals surface area contributed by atoms with Crippen molar-refractivity contribution in [3.8, 4) is 147 Å². The Bertz CT molecular complexity index is 8170. The van der Waals surface area contributed by atoms with Crippen LogP contribution >= 0.6 is 11.3 Å². The van der Waals surface area contributed by atoms with Gasteiger partial charge in [0.15, 0.2) is 46.1 Å². The largest absolute Gasteiger partial charge is 0.455 e. The molecule has 14 heteroatoms. The van der Waals surface area contributed by atoms with E-state index in [9.17, 15) is 0 Å². The first-order valence-corrected chi connectivity index (χ1v) is 40.2. The molecule has 0 aliphatic rings. The number of aromatic nitrogens is 9. The summed E-state index contributed by atoms with van der Waals surface area (Å²) in [6.45, 7) is 0. The fourth-order valence-electron chi connectivity index (χ4n) is 17.0. The van der Waals surface area contributed by atoms with Gasteiger partial charge >= 0.3 is 0 Å². The number of para-hydroxylation sites is 4. The summed E-state index contributed by atoms with van der Waals surface area (Å²) in [5, 5.41) is 7.87. The molecule has 0 bridgehead atoms. The van der Waals surface area contributed by atoms with E-state index in [-0.39, 0.29) is 0 Å². The van der Waals surface area contributed by atoms with Crippen LogP contribution in [0.2, 0.25) is 0 Å². The molecule has 0 amide bonds. The van der Waals surface area contributed by atoms with Gasteiger partial charge < -0.3 is 17.7 Å². The van der Waals surface area contributed by atoms with E-state index in [0.717, 1.165) is 166 Å². The minimum atomic E-state index is 0.511. The van der Waals surface area contributed by atoms with Gasteiger partial charge in [0.05, 0.1) is 17.0 Å². The van der Waals surface area contributed by atoms with E-state index in [1.807, 2.05) is 176 Å². The predicted molar refractivity (Wildman–Crippen MR) is 479 cm³/mol. The Kier molecular flexibility index (Phi) is 15.5. The summed E-state index contributed by atoms with van der Waals surface area (Å²) < 4.78 is 29.3. The van der Waals surface area contributed by atoms with Gasteiger partial charge in [0.1, 0.15) is 55.9 Å². The van der Waals surface area contributed by atoms with Gasteiger partial charge in [0.2, 0.25) is 0 Å². The van der Waals surface area contributed by atoms with Gasteiger partial charge in [-0.3, -0.25) is 0 Å². The van der Waals surface area contributed by atoms with E-state index in [4.69, 9.17) is 62.5 Å². The average molecular weight is 1540 g/mol. The van der Waals surface area contributed by atoms with Crippen LogP contribution in [0.1, 0.15) is 0 Å². The highest BCUT2D eigenvalue weighted by molar-refractivity contribution is 7.26. The quantitative estimate of drug-likeness (QED) is 0.107. The molecule has 24 rings (SSSR count). The van der Waals surface area contributed by atoms with Gasteiger partial charge in [-0.25, -0.2) is 44.9 Å². The lowest BCUT2D eigenvalue weighted by molar-refractivity contribution is 0.666. The third-order valence-electron chi connectivity index (χ3n) is 22.7. The number of benzene rings is 15. The van der Waals surface area contributed by atoms with Crippen molar-refractivity contribution >= 4 is 120 Å². The zero-order chi connectivity index (χ0) is 78.2. The van der Waals surface area contributed by atoms with Gasteiger partial charge in [0.25, 0.3) is 0 Å². The molecule has 13 nitrogen and oxygen atoms in total. The second-order valence-electron chi connectivity index (χ2n) is 29.7. The van der Waals surface area contributed by atoms with Crippen molar-refractivity contribution in [1.29, 1.82) is 0 Å². The molecule has 0 radical (unpaired) electrons. The van der Waals surface area contributed by atoms with Crippen LogP contribution in [0.5, 0.6) is 0 Å². The SMILES string of the molecule is c1ccc(-c2cc(-c3ccccc3)nc(-c3cccc4oc5c(-c6ccc(-c7nc(-c8ccc(-c9ccc%10c(c9)sc9c(-c%11cccc(-c%12nc(-c%13ccccc%13)nc(-c%13cccc%14oc%15c(-c%16nc(-c%17ccccc%17)c%17oc%18ccccc%18c%17n%16)cccc%15c%13%14)n%12)c%11)cccc9%10)cc8)c8oc9ccccc9c8n7)cc6)cccc5c34)n2)cc1. The maximum atomic E-state index is 6.92. The van der Waals surface area contributed by atoms with Gasteiger partial charge in [-0.2, -0.15) is 0 Å². The lowest BCUT2D eigenvalue weighted by Crippen LogP contribution is -2.00. The van der Waals surface area contributed by atoms with Crippen LogP contribution in [0, 0.1) is 0 Å². The molecule has 0 saturated heterocycles. The Hall–Kier alpha value is -16.0. The van der Waals surface area contributed by atoms with Crippen molar-refractivity contribution < 1.29 is 17.7 Å². The zero-order valence-electron chi connectivity index (χ0n) is 63.1. The Labute approximate surface area is 682 Å². The van der Waals surface area contributed by atoms with Crippen molar-refractivity contribution in [3.63, 3.8) is 0 Å². The number of nitrogens with zero attached hydrogens (tertiary/aromatic N) is 9. The van der Waals surface area contributed by atoms with E-state index in [2.05, 4.69) is 182 Å². The van der Waals surface area contributed by atoms with Crippen molar-refractivity contribution in [1.82, 2.24) is 44.9 Å². The van der Waals surface area contributed by atoms with Gasteiger partial charge in [-0.1, -0.05) is 297 Å². The number of rotatable bonds is 13. The summed E-state index contributed by atoms with van der Waals surface area (Å²) >= 11 is 1.80. The maximum Gasteiger partial charge on any atom is 0.180 e. The highest BCUT2D eigenvalue weighted by Gasteiger charge is 2.27. The minimum Gasteiger partial charge on any atom is -0.455 e. The number of furan rings is 4. The maximum absolute atomic E-state index is 6.92. The molecule has 0 fully saturated rings. The third-order valence-corrected chi connectivity index (χ3v) is 23.9. The van der Waals surface area contributed by atoms with Crippen LogP contribution in [-0.2, 0) is 0 Å². The van der Waals surface area contributed by atoms with Crippen molar-refractivity contribution in [2.75, 3.05) is 0 Å². The fraction of sp³-hybridized carbons (Fsp3) is 0. The molecular formula is C105H59N9O4S. The molecule has 9 aromatic heterocycles. The summed E-state index contributed by atoms with van der Waals surface area (Å²) in [4.78, 5) is 47.4. The van der Waals surface area contributed by atoms with Crippen LogP contribution in [0.25, 0.3) is 255 Å². The zero-order valence-corrected chi connectivity index (χ0v) is 63.9. The van der Waals surface area contributed by atoms with Crippen molar-refractivity contribution in [2.24, 2.45) is 0 Å². The lowest BCUT2D eigenvalue weighted by atomic mass is 9.98.